The molecule has 6 nitrogen and oxygen atoms in total. The lowest BCUT2D eigenvalue weighted by molar-refractivity contribution is -0.167. The summed E-state index contributed by atoms with van der Waals surface area (Å²) in [6.07, 6.45) is 73.2. The molecule has 0 saturated carbocycles. The van der Waals surface area contributed by atoms with E-state index in [4.69, 9.17) is 14.2 Å². The molecule has 0 aliphatic carbocycles. The molecule has 0 radical (unpaired) electrons. The normalized spacial score (nSPS) is 12.6. The third-order valence-corrected chi connectivity index (χ3v) is 12.7. The molecule has 69 heavy (non-hydrogen) atoms. The fourth-order valence-electron chi connectivity index (χ4n) is 8.29. The highest BCUT2D eigenvalue weighted by Crippen LogP contribution is 2.16. The van der Waals surface area contributed by atoms with Gasteiger partial charge in [-0.05, 0) is 89.9 Å². The predicted molar refractivity (Wildman–Crippen MR) is 298 cm³/mol. The van der Waals surface area contributed by atoms with Gasteiger partial charge in [-0.15, -0.1) is 0 Å². The molecule has 0 spiro atoms. The number of carbonyl (C=O) groups is 3. The van der Waals surface area contributed by atoms with Gasteiger partial charge in [0.05, 0.1) is 0 Å². The van der Waals surface area contributed by atoms with Crippen LogP contribution in [0.1, 0.15) is 290 Å². The first kappa shape index (κ1) is 65.8. The summed E-state index contributed by atoms with van der Waals surface area (Å²) >= 11 is 0. The average molecular weight is 964 g/mol. The maximum absolute atomic E-state index is 12.9. The van der Waals surface area contributed by atoms with Gasteiger partial charge in [-0.25, -0.2) is 0 Å². The highest BCUT2D eigenvalue weighted by Gasteiger charge is 2.19. The SMILES string of the molecule is CC/C=C\C/C=C\C/C=C\C/C=C\C/C=C\CCCCCC(=O)OCC(COC(=O)CCCCCCCCCCCCCCCC)OC(=O)CCCCCCC/C=C\CCCCCCCCCCC. The second kappa shape index (κ2) is 57.4. The van der Waals surface area contributed by atoms with Crippen molar-refractivity contribution in [2.45, 2.75) is 297 Å². The van der Waals surface area contributed by atoms with Crippen LogP contribution in [0.25, 0.3) is 0 Å². The van der Waals surface area contributed by atoms with Crippen LogP contribution in [0.4, 0.5) is 0 Å². The van der Waals surface area contributed by atoms with Gasteiger partial charge in [-0.3, -0.25) is 14.4 Å². The zero-order valence-corrected chi connectivity index (χ0v) is 45.6. The lowest BCUT2D eigenvalue weighted by Gasteiger charge is -2.18. The molecule has 0 saturated heterocycles. The van der Waals surface area contributed by atoms with Crippen molar-refractivity contribution in [2.75, 3.05) is 13.2 Å². The molecule has 398 valence electrons. The Morgan fingerprint density at radius 1 is 0.304 bits per heavy atom. The minimum atomic E-state index is -0.792. The molecule has 0 aromatic carbocycles. The van der Waals surface area contributed by atoms with Crippen molar-refractivity contribution < 1.29 is 28.6 Å². The number of unbranched alkanes of at least 4 members (excludes halogenated alkanes) is 30. The lowest BCUT2D eigenvalue weighted by atomic mass is 10.0. The van der Waals surface area contributed by atoms with E-state index < -0.39 is 6.10 Å². The summed E-state index contributed by atoms with van der Waals surface area (Å²) in [4.78, 5) is 38.2. The standard InChI is InChI=1S/C63H110O6/c1-4-7-10-13-16-19-22-25-28-30-32-34-35-38-41-44-47-50-53-56-62(65)68-59-60(58-67-61(64)55-52-49-46-43-40-37-27-24-21-18-15-12-9-6-3)69-63(66)57-54-51-48-45-42-39-36-33-31-29-26-23-20-17-14-11-8-5-2/h7,10,16,19,25,28,32-34,36,38,41,60H,4-6,8-9,11-15,17-18,20-24,26-27,29-31,35,37,39-40,42-59H2,1-3H3/b10-7-,19-16-,28-25-,34-32-,36-33-,41-38-. The van der Waals surface area contributed by atoms with E-state index in [-0.39, 0.29) is 31.1 Å². The summed E-state index contributed by atoms with van der Waals surface area (Å²) in [5.74, 6) is -0.918. The van der Waals surface area contributed by atoms with Gasteiger partial charge in [0.25, 0.3) is 0 Å². The predicted octanol–water partition coefficient (Wildman–Crippen LogP) is 19.8. The molecule has 1 unspecified atom stereocenters. The van der Waals surface area contributed by atoms with Crippen LogP contribution in [0.2, 0.25) is 0 Å². The second-order valence-corrected chi connectivity index (χ2v) is 19.5. The third kappa shape index (κ3) is 55.6. The Kier molecular flexibility index (Phi) is 54.8. The van der Waals surface area contributed by atoms with Crippen molar-refractivity contribution in [3.63, 3.8) is 0 Å². The number of hydrogen-bond acceptors (Lipinski definition) is 6. The molecular weight excluding hydrogens is 853 g/mol. The largest absolute Gasteiger partial charge is 0.462 e. The van der Waals surface area contributed by atoms with Gasteiger partial charge in [-0.1, -0.05) is 254 Å². The summed E-state index contributed by atoms with van der Waals surface area (Å²) < 4.78 is 16.9. The molecule has 0 aliphatic heterocycles. The molecule has 0 N–H and O–H groups in total. The van der Waals surface area contributed by atoms with Crippen LogP contribution in [0.3, 0.4) is 0 Å². The highest BCUT2D eigenvalue weighted by atomic mass is 16.6. The second-order valence-electron chi connectivity index (χ2n) is 19.5. The Morgan fingerprint density at radius 3 is 0.913 bits per heavy atom. The number of esters is 3. The minimum absolute atomic E-state index is 0.0870. The Hall–Kier alpha value is -3.15. The van der Waals surface area contributed by atoms with Crippen molar-refractivity contribution in [3.8, 4) is 0 Å². The maximum Gasteiger partial charge on any atom is 0.306 e. The smallest absolute Gasteiger partial charge is 0.306 e. The molecule has 6 heteroatoms. The number of allylic oxidation sites excluding steroid dienone is 12. The van der Waals surface area contributed by atoms with E-state index in [0.29, 0.717) is 19.3 Å². The number of hydrogen-bond donors (Lipinski definition) is 0. The Morgan fingerprint density at radius 2 is 0.565 bits per heavy atom. The molecule has 0 amide bonds. The Labute approximate surface area is 427 Å². The summed E-state index contributed by atoms with van der Waals surface area (Å²) in [7, 11) is 0. The van der Waals surface area contributed by atoms with E-state index in [9.17, 15) is 14.4 Å². The summed E-state index contributed by atoms with van der Waals surface area (Å²) in [6.45, 7) is 6.52. The van der Waals surface area contributed by atoms with E-state index in [0.717, 1.165) is 109 Å². The number of rotatable bonds is 53. The van der Waals surface area contributed by atoms with Gasteiger partial charge in [0.1, 0.15) is 13.2 Å². The Balaban J connectivity index is 4.43. The van der Waals surface area contributed by atoms with Crippen LogP contribution in [0.15, 0.2) is 72.9 Å². The van der Waals surface area contributed by atoms with Crippen molar-refractivity contribution in [1.82, 2.24) is 0 Å². The molecule has 0 aromatic rings. The first-order valence-electron chi connectivity index (χ1n) is 29.4. The van der Waals surface area contributed by atoms with Crippen molar-refractivity contribution >= 4 is 17.9 Å². The van der Waals surface area contributed by atoms with Gasteiger partial charge < -0.3 is 14.2 Å². The van der Waals surface area contributed by atoms with Crippen LogP contribution >= 0.6 is 0 Å². The topological polar surface area (TPSA) is 78.9 Å². The molecule has 0 rings (SSSR count). The van der Waals surface area contributed by atoms with E-state index >= 15 is 0 Å². The maximum atomic E-state index is 12.9. The van der Waals surface area contributed by atoms with Crippen LogP contribution in [0, 0.1) is 0 Å². The van der Waals surface area contributed by atoms with E-state index in [1.54, 1.807) is 0 Å². The zero-order valence-electron chi connectivity index (χ0n) is 45.6. The number of carbonyl (C=O) groups excluding carboxylic acids is 3. The van der Waals surface area contributed by atoms with Crippen LogP contribution < -0.4 is 0 Å². The summed E-state index contributed by atoms with van der Waals surface area (Å²) in [5, 5.41) is 0. The Bertz CT molecular complexity index is 1290. The first-order chi connectivity index (χ1) is 34.0. The quantitative estimate of drug-likeness (QED) is 0.0262. The van der Waals surface area contributed by atoms with Gasteiger partial charge in [0.2, 0.25) is 0 Å². The van der Waals surface area contributed by atoms with Crippen LogP contribution in [0.5, 0.6) is 0 Å². The molecule has 0 fully saturated rings. The third-order valence-electron chi connectivity index (χ3n) is 12.7. The van der Waals surface area contributed by atoms with E-state index in [1.807, 2.05) is 0 Å². The van der Waals surface area contributed by atoms with Crippen LogP contribution in [-0.4, -0.2) is 37.2 Å². The highest BCUT2D eigenvalue weighted by molar-refractivity contribution is 5.71. The van der Waals surface area contributed by atoms with Crippen molar-refractivity contribution in [3.05, 3.63) is 72.9 Å². The number of ether oxygens (including phenoxy) is 3. The molecular formula is C63H110O6. The lowest BCUT2D eigenvalue weighted by Crippen LogP contribution is -2.30. The fourth-order valence-corrected chi connectivity index (χ4v) is 8.29. The van der Waals surface area contributed by atoms with Gasteiger partial charge in [-0.2, -0.15) is 0 Å². The first-order valence-corrected chi connectivity index (χ1v) is 29.4. The van der Waals surface area contributed by atoms with Crippen molar-refractivity contribution in [2.24, 2.45) is 0 Å². The zero-order chi connectivity index (χ0) is 50.0. The van der Waals surface area contributed by atoms with Crippen LogP contribution in [-0.2, 0) is 28.6 Å². The van der Waals surface area contributed by atoms with E-state index in [2.05, 4.69) is 93.7 Å². The fraction of sp³-hybridized carbons (Fsp3) is 0.762. The van der Waals surface area contributed by atoms with Gasteiger partial charge in [0.15, 0.2) is 6.10 Å². The summed E-state index contributed by atoms with van der Waals surface area (Å²) in [6, 6.07) is 0. The minimum Gasteiger partial charge on any atom is -0.462 e. The summed E-state index contributed by atoms with van der Waals surface area (Å²) in [5.41, 5.74) is 0. The van der Waals surface area contributed by atoms with Gasteiger partial charge in [0, 0.05) is 19.3 Å². The van der Waals surface area contributed by atoms with Gasteiger partial charge >= 0.3 is 17.9 Å². The average Bonchev–Trinajstić information content (AvgIpc) is 3.35. The molecule has 0 aromatic heterocycles. The monoisotopic (exact) mass is 963 g/mol. The molecule has 0 aliphatic rings. The van der Waals surface area contributed by atoms with E-state index in [1.165, 1.54) is 141 Å². The van der Waals surface area contributed by atoms with Crippen molar-refractivity contribution in [1.29, 1.82) is 0 Å². The molecule has 0 bridgehead atoms. The molecule has 1 atom stereocenters. The molecule has 0 heterocycles.